The molecule has 1 aliphatic rings. The second-order valence-corrected chi connectivity index (χ2v) is 8.99. The zero-order chi connectivity index (χ0) is 26.3. The number of carbonyl (C=O) groups is 3. The molecule has 0 amide bonds. The van der Waals surface area contributed by atoms with Crippen LogP contribution >= 0.6 is 0 Å². The van der Waals surface area contributed by atoms with Gasteiger partial charge in [0.15, 0.2) is 23.2 Å². The van der Waals surface area contributed by atoms with Crippen molar-refractivity contribution < 1.29 is 14.4 Å². The van der Waals surface area contributed by atoms with Crippen LogP contribution in [-0.2, 0) is 0 Å². The molecule has 0 saturated heterocycles. The fourth-order valence-corrected chi connectivity index (χ4v) is 4.30. The van der Waals surface area contributed by atoms with Crippen molar-refractivity contribution in [3.8, 4) is 11.4 Å². The minimum absolute atomic E-state index is 0.00299. The van der Waals surface area contributed by atoms with Gasteiger partial charge in [0.1, 0.15) is 0 Å². The number of nitrogens with two attached hydrogens (primary N) is 1. The molecule has 37 heavy (non-hydrogen) atoms. The summed E-state index contributed by atoms with van der Waals surface area (Å²) >= 11 is 0. The van der Waals surface area contributed by atoms with Crippen LogP contribution in [0.5, 0.6) is 0 Å². The van der Waals surface area contributed by atoms with Crippen LogP contribution in [0.1, 0.15) is 63.0 Å². The van der Waals surface area contributed by atoms with Gasteiger partial charge in [0, 0.05) is 28.3 Å². The second kappa shape index (κ2) is 9.27. The van der Waals surface area contributed by atoms with E-state index in [0.29, 0.717) is 11.8 Å². The number of ketones is 3. The SMILES string of the molecule is CC(=O)c1cc(Nc2nc(NC(C)C)nc(-c3ccccc3)n2)c2c(c1N)C(=O)c1ccccc1C2=O. The Bertz CT molecular complexity index is 1580. The molecular formula is C28H24N6O3. The van der Waals surface area contributed by atoms with Crippen LogP contribution in [0.2, 0.25) is 0 Å². The van der Waals surface area contributed by atoms with Gasteiger partial charge < -0.3 is 16.4 Å². The number of nitrogen functional groups attached to an aromatic ring is 1. The first-order valence-electron chi connectivity index (χ1n) is 11.8. The number of rotatable bonds is 6. The molecule has 0 radical (unpaired) electrons. The average molecular weight is 493 g/mol. The first kappa shape index (κ1) is 23.8. The summed E-state index contributed by atoms with van der Waals surface area (Å²) < 4.78 is 0. The highest BCUT2D eigenvalue weighted by Gasteiger charge is 2.35. The van der Waals surface area contributed by atoms with E-state index in [-0.39, 0.29) is 62.7 Å². The number of fused-ring (bicyclic) bond motifs is 2. The van der Waals surface area contributed by atoms with Crippen molar-refractivity contribution in [1.29, 1.82) is 0 Å². The number of benzene rings is 3. The lowest BCUT2D eigenvalue weighted by Gasteiger charge is -2.23. The number of carbonyl (C=O) groups excluding carboxylic acids is 3. The molecule has 0 spiro atoms. The van der Waals surface area contributed by atoms with E-state index in [0.717, 1.165) is 5.56 Å². The Morgan fingerprint density at radius 1 is 0.838 bits per heavy atom. The van der Waals surface area contributed by atoms with Gasteiger partial charge in [-0.2, -0.15) is 15.0 Å². The number of nitrogens with zero attached hydrogens (tertiary/aromatic N) is 3. The Hall–Kier alpha value is -4.92. The van der Waals surface area contributed by atoms with Gasteiger partial charge in [0.2, 0.25) is 11.9 Å². The maximum Gasteiger partial charge on any atom is 0.232 e. The zero-order valence-electron chi connectivity index (χ0n) is 20.5. The van der Waals surface area contributed by atoms with Crippen molar-refractivity contribution in [2.75, 3.05) is 16.4 Å². The molecule has 4 N–H and O–H groups in total. The third kappa shape index (κ3) is 4.31. The van der Waals surface area contributed by atoms with Crippen molar-refractivity contribution in [3.05, 3.63) is 88.5 Å². The standard InChI is InChI=1S/C28H24N6O3/c1-14(2)30-27-32-26(16-9-5-4-6-10-16)33-28(34-27)31-20-13-19(15(3)35)23(29)22-21(20)24(36)17-11-7-8-12-18(17)25(22)37/h4-14H,29H2,1-3H3,(H2,30,31,32,33,34). The molecular weight excluding hydrogens is 468 g/mol. The van der Waals surface area contributed by atoms with Crippen LogP contribution in [0.3, 0.4) is 0 Å². The van der Waals surface area contributed by atoms with Crippen LogP contribution in [0.4, 0.5) is 23.3 Å². The lowest BCUT2D eigenvalue weighted by molar-refractivity contribution is 0.0979. The summed E-state index contributed by atoms with van der Waals surface area (Å²) in [6, 6.07) is 17.4. The van der Waals surface area contributed by atoms with Gasteiger partial charge in [-0.05, 0) is 26.8 Å². The summed E-state index contributed by atoms with van der Waals surface area (Å²) in [4.78, 5) is 53.0. The van der Waals surface area contributed by atoms with E-state index >= 15 is 0 Å². The molecule has 0 bridgehead atoms. The minimum atomic E-state index is -0.420. The number of anilines is 4. The van der Waals surface area contributed by atoms with E-state index < -0.39 is 5.78 Å². The third-order valence-corrected chi connectivity index (χ3v) is 5.95. The highest BCUT2D eigenvalue weighted by atomic mass is 16.1. The van der Waals surface area contributed by atoms with Gasteiger partial charge in [-0.15, -0.1) is 0 Å². The molecule has 5 rings (SSSR count). The van der Waals surface area contributed by atoms with E-state index in [9.17, 15) is 14.4 Å². The van der Waals surface area contributed by atoms with Crippen LogP contribution < -0.4 is 16.4 Å². The summed E-state index contributed by atoms with van der Waals surface area (Å²) in [6.07, 6.45) is 0. The van der Waals surface area contributed by atoms with Crippen molar-refractivity contribution in [3.63, 3.8) is 0 Å². The maximum absolute atomic E-state index is 13.6. The first-order valence-corrected chi connectivity index (χ1v) is 11.8. The summed E-state index contributed by atoms with van der Waals surface area (Å²) in [5.74, 6) is -0.271. The number of aromatic nitrogens is 3. The molecule has 9 nitrogen and oxygen atoms in total. The predicted molar refractivity (Wildman–Crippen MR) is 141 cm³/mol. The number of hydrogen-bond acceptors (Lipinski definition) is 9. The smallest absolute Gasteiger partial charge is 0.232 e. The molecule has 1 heterocycles. The Balaban J connectivity index is 1.70. The lowest BCUT2D eigenvalue weighted by Crippen LogP contribution is -2.25. The largest absolute Gasteiger partial charge is 0.398 e. The number of hydrogen-bond donors (Lipinski definition) is 3. The Morgan fingerprint density at radius 2 is 1.43 bits per heavy atom. The lowest BCUT2D eigenvalue weighted by atomic mass is 9.81. The fraction of sp³-hybridized carbons (Fsp3) is 0.143. The third-order valence-electron chi connectivity index (χ3n) is 5.95. The van der Waals surface area contributed by atoms with Gasteiger partial charge in [-0.1, -0.05) is 54.6 Å². The van der Waals surface area contributed by atoms with Crippen LogP contribution in [0.15, 0.2) is 60.7 Å². The van der Waals surface area contributed by atoms with Gasteiger partial charge in [0.25, 0.3) is 0 Å². The van der Waals surface area contributed by atoms with Gasteiger partial charge in [0.05, 0.1) is 22.5 Å². The van der Waals surface area contributed by atoms with Gasteiger partial charge in [-0.3, -0.25) is 14.4 Å². The zero-order valence-corrected chi connectivity index (χ0v) is 20.5. The number of Topliss-reactive ketones (excluding diaryl/α,β-unsaturated/α-hetero) is 1. The molecule has 0 aliphatic heterocycles. The summed E-state index contributed by atoms with van der Waals surface area (Å²) in [6.45, 7) is 5.26. The molecule has 4 aromatic rings. The Labute approximate surface area is 213 Å². The highest BCUT2D eigenvalue weighted by Crippen LogP contribution is 2.38. The molecule has 0 saturated carbocycles. The van der Waals surface area contributed by atoms with E-state index in [4.69, 9.17) is 5.73 Å². The molecule has 0 fully saturated rings. The monoisotopic (exact) mass is 492 g/mol. The predicted octanol–water partition coefficient (Wildman–Crippen LogP) is 4.66. The second-order valence-electron chi connectivity index (χ2n) is 8.99. The molecule has 3 aromatic carbocycles. The van der Waals surface area contributed by atoms with E-state index in [1.807, 2.05) is 44.2 Å². The van der Waals surface area contributed by atoms with Gasteiger partial charge in [-0.25, -0.2) is 0 Å². The van der Waals surface area contributed by atoms with E-state index in [2.05, 4.69) is 25.6 Å². The maximum atomic E-state index is 13.6. The highest BCUT2D eigenvalue weighted by molar-refractivity contribution is 6.33. The van der Waals surface area contributed by atoms with Crippen molar-refractivity contribution in [2.45, 2.75) is 26.8 Å². The molecule has 1 aromatic heterocycles. The number of nitrogens with one attached hydrogen (secondary N) is 2. The first-order chi connectivity index (χ1) is 17.7. The van der Waals surface area contributed by atoms with E-state index in [1.54, 1.807) is 24.3 Å². The van der Waals surface area contributed by atoms with Gasteiger partial charge >= 0.3 is 0 Å². The Kier molecular flexibility index (Phi) is 5.96. The van der Waals surface area contributed by atoms with Crippen LogP contribution in [0.25, 0.3) is 11.4 Å². The van der Waals surface area contributed by atoms with Crippen molar-refractivity contribution in [1.82, 2.24) is 15.0 Å². The summed E-state index contributed by atoms with van der Waals surface area (Å²) in [5, 5.41) is 6.25. The quantitative estimate of drug-likeness (QED) is 0.228. The topological polar surface area (TPSA) is 140 Å². The van der Waals surface area contributed by atoms with E-state index in [1.165, 1.54) is 13.0 Å². The summed E-state index contributed by atoms with van der Waals surface area (Å²) in [7, 11) is 0. The van der Waals surface area contributed by atoms with Crippen molar-refractivity contribution >= 4 is 40.6 Å². The van der Waals surface area contributed by atoms with Crippen LogP contribution in [0, 0.1) is 0 Å². The van der Waals surface area contributed by atoms with Crippen molar-refractivity contribution in [2.24, 2.45) is 0 Å². The molecule has 0 unspecified atom stereocenters. The normalized spacial score (nSPS) is 12.2. The summed E-state index contributed by atoms with van der Waals surface area (Å²) in [5.41, 5.74) is 7.94. The molecule has 1 aliphatic carbocycles. The minimum Gasteiger partial charge on any atom is -0.398 e. The Morgan fingerprint density at radius 3 is 2.05 bits per heavy atom. The molecule has 9 heteroatoms. The van der Waals surface area contributed by atoms with Crippen LogP contribution in [-0.4, -0.2) is 38.3 Å². The average Bonchev–Trinajstić information content (AvgIpc) is 2.88. The fourth-order valence-electron chi connectivity index (χ4n) is 4.30. The molecule has 0 atom stereocenters. The molecule has 184 valence electrons.